The van der Waals surface area contributed by atoms with Crippen molar-refractivity contribution in [1.29, 1.82) is 0 Å². The summed E-state index contributed by atoms with van der Waals surface area (Å²) in [4.78, 5) is 9.84. The maximum absolute atomic E-state index is 5.63. The summed E-state index contributed by atoms with van der Waals surface area (Å²) in [5.74, 6) is 0.587. The van der Waals surface area contributed by atoms with Crippen molar-refractivity contribution in [3.05, 3.63) is 0 Å². The Morgan fingerprint density at radius 2 is 2.23 bits per heavy atom. The molecule has 76 valence electrons. The van der Waals surface area contributed by atoms with Crippen molar-refractivity contribution in [3.8, 4) is 0 Å². The van der Waals surface area contributed by atoms with Crippen molar-refractivity contribution in [2.75, 3.05) is 7.11 Å². The summed E-state index contributed by atoms with van der Waals surface area (Å²) in [6, 6.07) is 0. The van der Waals surface area contributed by atoms with E-state index in [-0.39, 0.29) is 11.7 Å². The van der Waals surface area contributed by atoms with Crippen molar-refractivity contribution < 1.29 is 14.5 Å². The SMILES string of the molecule is COOC(C)C1CCC2OC2(C)C1. The van der Waals surface area contributed by atoms with Crippen LogP contribution in [-0.2, 0) is 14.5 Å². The third kappa shape index (κ3) is 1.73. The Morgan fingerprint density at radius 3 is 2.85 bits per heavy atom. The van der Waals surface area contributed by atoms with Gasteiger partial charge in [0.05, 0.1) is 24.9 Å². The van der Waals surface area contributed by atoms with Crippen molar-refractivity contribution in [2.45, 2.75) is 50.9 Å². The summed E-state index contributed by atoms with van der Waals surface area (Å²) in [6.45, 7) is 4.27. The van der Waals surface area contributed by atoms with Crippen molar-refractivity contribution in [1.82, 2.24) is 0 Å². The van der Waals surface area contributed by atoms with E-state index in [1.54, 1.807) is 7.11 Å². The molecule has 0 bridgehead atoms. The average Bonchev–Trinajstić information content (AvgIpc) is 2.75. The van der Waals surface area contributed by atoms with Crippen LogP contribution in [0.4, 0.5) is 0 Å². The second-order valence-corrected chi connectivity index (χ2v) is 4.43. The highest BCUT2D eigenvalue weighted by Gasteiger charge is 2.56. The molecule has 0 N–H and O–H groups in total. The largest absolute Gasteiger partial charge is 0.366 e. The first kappa shape index (κ1) is 9.44. The Kier molecular flexibility index (Phi) is 2.34. The van der Waals surface area contributed by atoms with Crippen LogP contribution in [0, 0.1) is 5.92 Å². The summed E-state index contributed by atoms with van der Waals surface area (Å²) in [7, 11) is 1.57. The minimum Gasteiger partial charge on any atom is -0.366 e. The van der Waals surface area contributed by atoms with Crippen LogP contribution in [0.3, 0.4) is 0 Å². The molecule has 0 amide bonds. The van der Waals surface area contributed by atoms with Gasteiger partial charge in [0.1, 0.15) is 0 Å². The van der Waals surface area contributed by atoms with E-state index in [2.05, 4.69) is 13.8 Å². The van der Waals surface area contributed by atoms with Crippen LogP contribution in [0.25, 0.3) is 0 Å². The highest BCUT2D eigenvalue weighted by atomic mass is 17.2. The summed E-state index contributed by atoms with van der Waals surface area (Å²) in [5, 5.41) is 0. The molecule has 2 aliphatic rings. The fourth-order valence-corrected chi connectivity index (χ4v) is 2.45. The first-order chi connectivity index (χ1) is 6.15. The molecule has 0 radical (unpaired) electrons. The van der Waals surface area contributed by atoms with Crippen LogP contribution < -0.4 is 0 Å². The van der Waals surface area contributed by atoms with Crippen LogP contribution in [0.1, 0.15) is 33.1 Å². The maximum atomic E-state index is 5.63. The van der Waals surface area contributed by atoms with Gasteiger partial charge in [-0.15, -0.1) is 0 Å². The second-order valence-electron chi connectivity index (χ2n) is 4.43. The molecule has 3 heteroatoms. The zero-order valence-electron chi connectivity index (χ0n) is 8.58. The molecule has 4 atom stereocenters. The Labute approximate surface area is 79.3 Å². The lowest BCUT2D eigenvalue weighted by molar-refractivity contribution is -0.312. The van der Waals surface area contributed by atoms with E-state index in [0.29, 0.717) is 12.0 Å². The second kappa shape index (κ2) is 3.23. The maximum Gasteiger partial charge on any atom is 0.0930 e. The fraction of sp³-hybridized carbons (Fsp3) is 1.00. The van der Waals surface area contributed by atoms with Gasteiger partial charge in [-0.2, -0.15) is 0 Å². The van der Waals surface area contributed by atoms with E-state index in [9.17, 15) is 0 Å². The van der Waals surface area contributed by atoms with E-state index in [0.717, 1.165) is 6.42 Å². The lowest BCUT2D eigenvalue weighted by Gasteiger charge is -2.27. The highest BCUT2D eigenvalue weighted by molar-refractivity contribution is 5.04. The molecule has 1 saturated heterocycles. The van der Waals surface area contributed by atoms with Gasteiger partial charge in [-0.05, 0) is 39.0 Å². The number of hydrogen-bond acceptors (Lipinski definition) is 3. The third-order valence-corrected chi connectivity index (χ3v) is 3.41. The van der Waals surface area contributed by atoms with Crippen LogP contribution >= 0.6 is 0 Å². The number of ether oxygens (including phenoxy) is 1. The Bertz CT molecular complexity index is 195. The normalized spacial score (nSPS) is 45.5. The lowest BCUT2D eigenvalue weighted by Crippen LogP contribution is -2.30. The topological polar surface area (TPSA) is 31.0 Å². The van der Waals surface area contributed by atoms with Gasteiger partial charge >= 0.3 is 0 Å². The fourth-order valence-electron chi connectivity index (χ4n) is 2.45. The predicted molar refractivity (Wildman–Crippen MR) is 48.2 cm³/mol. The van der Waals surface area contributed by atoms with Crippen LogP contribution in [0.2, 0.25) is 0 Å². The van der Waals surface area contributed by atoms with E-state index in [1.807, 2.05) is 0 Å². The molecule has 2 fully saturated rings. The van der Waals surface area contributed by atoms with Crippen LogP contribution in [0.5, 0.6) is 0 Å². The molecule has 1 heterocycles. The molecular formula is C10H18O3. The molecule has 0 spiro atoms. The van der Waals surface area contributed by atoms with Crippen molar-refractivity contribution in [3.63, 3.8) is 0 Å². The Hall–Kier alpha value is -0.120. The Balaban J connectivity index is 1.87. The van der Waals surface area contributed by atoms with Crippen LogP contribution in [-0.4, -0.2) is 24.9 Å². The van der Waals surface area contributed by atoms with Gasteiger partial charge in [-0.25, -0.2) is 9.78 Å². The molecule has 0 aromatic rings. The van der Waals surface area contributed by atoms with Gasteiger partial charge in [0.2, 0.25) is 0 Å². The molecule has 13 heavy (non-hydrogen) atoms. The summed E-state index contributed by atoms with van der Waals surface area (Å²) < 4.78 is 5.63. The molecule has 3 nitrogen and oxygen atoms in total. The molecule has 0 aromatic carbocycles. The van der Waals surface area contributed by atoms with Gasteiger partial charge in [0, 0.05) is 0 Å². The minimum atomic E-state index is 0.161. The van der Waals surface area contributed by atoms with E-state index in [1.165, 1.54) is 12.8 Å². The average molecular weight is 186 g/mol. The standard InChI is InChI=1S/C10H18O3/c1-7(13-11-3)8-4-5-9-10(2,6-8)12-9/h7-9H,4-6H2,1-3H3. The zero-order valence-corrected chi connectivity index (χ0v) is 8.58. The summed E-state index contributed by atoms with van der Waals surface area (Å²) in [6.07, 6.45) is 4.21. The third-order valence-electron chi connectivity index (χ3n) is 3.41. The molecule has 1 aliphatic heterocycles. The van der Waals surface area contributed by atoms with E-state index < -0.39 is 0 Å². The number of rotatable bonds is 3. The molecule has 0 aromatic heterocycles. The number of hydrogen-bond donors (Lipinski definition) is 0. The monoisotopic (exact) mass is 186 g/mol. The van der Waals surface area contributed by atoms with Gasteiger partial charge < -0.3 is 4.74 Å². The van der Waals surface area contributed by atoms with Gasteiger partial charge in [0.15, 0.2) is 0 Å². The van der Waals surface area contributed by atoms with E-state index >= 15 is 0 Å². The molecule has 1 aliphatic carbocycles. The van der Waals surface area contributed by atoms with Gasteiger partial charge in [-0.3, -0.25) is 0 Å². The van der Waals surface area contributed by atoms with Crippen LogP contribution in [0.15, 0.2) is 0 Å². The number of epoxide rings is 1. The smallest absolute Gasteiger partial charge is 0.0930 e. The molecule has 4 unspecified atom stereocenters. The van der Waals surface area contributed by atoms with Crippen molar-refractivity contribution >= 4 is 0 Å². The zero-order chi connectivity index (χ0) is 9.47. The first-order valence-corrected chi connectivity index (χ1v) is 5.03. The predicted octanol–water partition coefficient (Wildman–Crippen LogP) is 1.91. The Morgan fingerprint density at radius 1 is 1.46 bits per heavy atom. The minimum absolute atomic E-state index is 0.161. The number of fused-ring (bicyclic) bond motifs is 1. The highest BCUT2D eigenvalue weighted by Crippen LogP contribution is 2.50. The molecule has 1 saturated carbocycles. The first-order valence-electron chi connectivity index (χ1n) is 5.03. The molecular weight excluding hydrogens is 168 g/mol. The van der Waals surface area contributed by atoms with Gasteiger partial charge in [0.25, 0.3) is 0 Å². The van der Waals surface area contributed by atoms with E-state index in [4.69, 9.17) is 14.5 Å². The summed E-state index contributed by atoms with van der Waals surface area (Å²) >= 11 is 0. The lowest BCUT2D eigenvalue weighted by atomic mass is 9.80. The quantitative estimate of drug-likeness (QED) is 0.383. The van der Waals surface area contributed by atoms with Crippen molar-refractivity contribution in [2.24, 2.45) is 5.92 Å². The summed E-state index contributed by atoms with van der Waals surface area (Å²) in [5.41, 5.74) is 0.161. The molecule has 2 rings (SSSR count). The van der Waals surface area contributed by atoms with Gasteiger partial charge in [-0.1, -0.05) is 0 Å².